The number of benzene rings is 1. The van der Waals surface area contributed by atoms with Gasteiger partial charge in [0, 0.05) is 11.8 Å². The van der Waals surface area contributed by atoms with Gasteiger partial charge >= 0.3 is 0 Å². The Bertz CT molecular complexity index is 878. The van der Waals surface area contributed by atoms with E-state index in [4.69, 9.17) is 4.42 Å². The molecule has 7 heteroatoms. The zero-order chi connectivity index (χ0) is 18.6. The molecule has 0 aliphatic carbocycles. The van der Waals surface area contributed by atoms with E-state index in [-0.39, 0.29) is 11.7 Å². The van der Waals surface area contributed by atoms with Crippen molar-refractivity contribution in [3.8, 4) is 11.5 Å². The van der Waals surface area contributed by atoms with Crippen molar-refractivity contribution in [1.82, 2.24) is 20.1 Å². The summed E-state index contributed by atoms with van der Waals surface area (Å²) < 4.78 is 19.0. The predicted octanol–water partition coefficient (Wildman–Crippen LogP) is 3.22. The van der Waals surface area contributed by atoms with Crippen LogP contribution in [0, 0.1) is 11.7 Å². The molecule has 4 rings (SSSR count). The molecular formula is C20H21FN4O2. The van der Waals surface area contributed by atoms with E-state index in [2.05, 4.69) is 20.1 Å². The van der Waals surface area contributed by atoms with Gasteiger partial charge in [0.2, 0.25) is 11.8 Å². The van der Waals surface area contributed by atoms with Gasteiger partial charge in [0.15, 0.2) is 0 Å². The van der Waals surface area contributed by atoms with Crippen LogP contribution in [-0.4, -0.2) is 38.3 Å². The first-order valence-electron chi connectivity index (χ1n) is 9.09. The lowest BCUT2D eigenvalue weighted by molar-refractivity contribution is 0.0517. The molecule has 1 aliphatic rings. The van der Waals surface area contributed by atoms with Crippen LogP contribution in [0.4, 0.5) is 4.39 Å². The second-order valence-electron chi connectivity index (χ2n) is 6.82. The second-order valence-corrected chi connectivity index (χ2v) is 6.82. The number of aromatic nitrogens is 3. The minimum atomic E-state index is -0.531. The van der Waals surface area contributed by atoms with Crippen LogP contribution >= 0.6 is 0 Å². The lowest BCUT2D eigenvalue weighted by atomic mass is 9.89. The first-order chi connectivity index (χ1) is 13.2. The molecule has 1 aliphatic heterocycles. The Morgan fingerprint density at radius 1 is 1.15 bits per heavy atom. The van der Waals surface area contributed by atoms with Gasteiger partial charge < -0.3 is 9.52 Å². The number of piperidine rings is 1. The van der Waals surface area contributed by atoms with E-state index in [1.165, 1.54) is 12.1 Å². The molecule has 0 spiro atoms. The smallest absolute Gasteiger partial charge is 0.247 e. The number of aliphatic hydroxyl groups excluding tert-OH is 1. The van der Waals surface area contributed by atoms with Gasteiger partial charge in [-0.2, -0.15) is 0 Å². The van der Waals surface area contributed by atoms with Crippen LogP contribution < -0.4 is 0 Å². The summed E-state index contributed by atoms with van der Waals surface area (Å²) in [5.41, 5.74) is 1.30. The highest BCUT2D eigenvalue weighted by Gasteiger charge is 2.27. The molecule has 1 unspecified atom stereocenters. The van der Waals surface area contributed by atoms with Crippen LogP contribution in [0.25, 0.3) is 11.5 Å². The third kappa shape index (κ3) is 4.20. The number of pyridine rings is 1. The highest BCUT2D eigenvalue weighted by atomic mass is 19.1. The van der Waals surface area contributed by atoms with Crippen molar-refractivity contribution in [2.75, 3.05) is 13.1 Å². The van der Waals surface area contributed by atoms with Crippen LogP contribution in [0.2, 0.25) is 0 Å². The van der Waals surface area contributed by atoms with Crippen LogP contribution in [0.15, 0.2) is 53.1 Å². The number of nitrogens with zero attached hydrogens (tertiary/aromatic N) is 4. The number of aliphatic hydroxyl groups is 1. The SMILES string of the molecule is OC(c1ccccn1)C1CCN(Cc2nnc(-c3cccc(F)c3)o2)CC1. The lowest BCUT2D eigenvalue weighted by Crippen LogP contribution is -2.35. The summed E-state index contributed by atoms with van der Waals surface area (Å²) in [5, 5.41) is 18.6. The molecule has 1 aromatic carbocycles. The van der Waals surface area contributed by atoms with E-state index >= 15 is 0 Å². The molecule has 140 valence electrons. The molecule has 0 saturated carbocycles. The summed E-state index contributed by atoms with van der Waals surface area (Å²) >= 11 is 0. The van der Waals surface area contributed by atoms with Crippen molar-refractivity contribution >= 4 is 0 Å². The fourth-order valence-corrected chi connectivity index (χ4v) is 3.47. The molecule has 0 radical (unpaired) electrons. The fourth-order valence-electron chi connectivity index (χ4n) is 3.47. The number of hydrogen-bond acceptors (Lipinski definition) is 6. The third-order valence-electron chi connectivity index (χ3n) is 4.97. The molecule has 3 aromatic rings. The molecule has 6 nitrogen and oxygen atoms in total. The van der Waals surface area contributed by atoms with Crippen LogP contribution in [0.5, 0.6) is 0 Å². The summed E-state index contributed by atoms with van der Waals surface area (Å²) in [5.74, 6) is 0.699. The van der Waals surface area contributed by atoms with Crippen LogP contribution in [0.1, 0.15) is 30.5 Å². The Morgan fingerprint density at radius 3 is 2.74 bits per heavy atom. The summed E-state index contributed by atoms with van der Waals surface area (Å²) in [7, 11) is 0. The van der Waals surface area contributed by atoms with Gasteiger partial charge in [0.25, 0.3) is 0 Å². The van der Waals surface area contributed by atoms with Gasteiger partial charge in [-0.05, 0) is 62.2 Å². The van der Waals surface area contributed by atoms with Crippen molar-refractivity contribution in [2.24, 2.45) is 5.92 Å². The minimum absolute atomic E-state index is 0.196. The number of hydrogen-bond donors (Lipinski definition) is 1. The molecule has 1 atom stereocenters. The summed E-state index contributed by atoms with van der Waals surface area (Å²) in [6.45, 7) is 2.23. The highest BCUT2D eigenvalue weighted by molar-refractivity contribution is 5.52. The number of halogens is 1. The molecule has 0 amide bonds. The zero-order valence-electron chi connectivity index (χ0n) is 14.8. The predicted molar refractivity (Wildman–Crippen MR) is 96.9 cm³/mol. The molecule has 1 fully saturated rings. The van der Waals surface area contributed by atoms with E-state index < -0.39 is 6.10 Å². The first-order valence-corrected chi connectivity index (χ1v) is 9.09. The number of rotatable bonds is 5. The molecule has 1 N–H and O–H groups in total. The van der Waals surface area contributed by atoms with Crippen molar-refractivity contribution in [3.05, 3.63) is 66.1 Å². The van der Waals surface area contributed by atoms with Gasteiger partial charge in [-0.25, -0.2) is 4.39 Å². The molecular weight excluding hydrogens is 347 g/mol. The fraction of sp³-hybridized carbons (Fsp3) is 0.350. The Morgan fingerprint density at radius 2 is 2.00 bits per heavy atom. The summed E-state index contributed by atoms with van der Waals surface area (Å²) in [6.07, 6.45) is 2.93. The Kier molecular flexibility index (Phi) is 5.22. The van der Waals surface area contributed by atoms with Crippen LogP contribution in [0.3, 0.4) is 0 Å². The van der Waals surface area contributed by atoms with E-state index in [0.717, 1.165) is 31.6 Å². The van der Waals surface area contributed by atoms with E-state index in [9.17, 15) is 9.50 Å². The van der Waals surface area contributed by atoms with E-state index in [0.29, 0.717) is 23.9 Å². The maximum atomic E-state index is 13.3. The first kappa shape index (κ1) is 17.8. The maximum absolute atomic E-state index is 13.3. The third-order valence-corrected chi connectivity index (χ3v) is 4.97. The standard InChI is InChI=1S/C20H21FN4O2/c21-16-5-3-4-15(12-16)20-24-23-18(27-20)13-25-10-7-14(8-11-25)19(26)17-6-1-2-9-22-17/h1-6,9,12,14,19,26H,7-8,10-11,13H2. The minimum Gasteiger partial charge on any atom is -0.419 e. The van der Waals surface area contributed by atoms with Gasteiger partial charge in [-0.1, -0.05) is 12.1 Å². The zero-order valence-corrected chi connectivity index (χ0v) is 14.8. The molecule has 0 bridgehead atoms. The number of likely N-dealkylation sites (tertiary alicyclic amines) is 1. The Balaban J connectivity index is 1.33. The van der Waals surface area contributed by atoms with Gasteiger partial charge in [0.05, 0.1) is 18.3 Å². The van der Waals surface area contributed by atoms with Gasteiger partial charge in [0.1, 0.15) is 5.82 Å². The summed E-state index contributed by atoms with van der Waals surface area (Å²) in [4.78, 5) is 6.48. The lowest BCUT2D eigenvalue weighted by Gasteiger charge is -2.33. The molecule has 2 aromatic heterocycles. The van der Waals surface area contributed by atoms with Gasteiger partial charge in [-0.15, -0.1) is 10.2 Å². The average Bonchev–Trinajstić information content (AvgIpc) is 3.17. The molecule has 1 saturated heterocycles. The van der Waals surface area contributed by atoms with E-state index in [1.807, 2.05) is 18.2 Å². The molecule has 3 heterocycles. The second kappa shape index (κ2) is 7.94. The maximum Gasteiger partial charge on any atom is 0.247 e. The quantitative estimate of drug-likeness (QED) is 0.745. The van der Waals surface area contributed by atoms with Gasteiger partial charge in [-0.3, -0.25) is 9.88 Å². The normalized spacial score (nSPS) is 17.1. The van der Waals surface area contributed by atoms with Crippen molar-refractivity contribution in [2.45, 2.75) is 25.5 Å². The highest BCUT2D eigenvalue weighted by Crippen LogP contribution is 2.30. The largest absolute Gasteiger partial charge is 0.419 e. The molecule has 27 heavy (non-hydrogen) atoms. The Labute approximate surface area is 156 Å². The Hall–Kier alpha value is -2.64. The summed E-state index contributed by atoms with van der Waals surface area (Å²) in [6, 6.07) is 11.7. The topological polar surface area (TPSA) is 75.3 Å². The van der Waals surface area contributed by atoms with E-state index in [1.54, 1.807) is 18.3 Å². The van der Waals surface area contributed by atoms with Crippen molar-refractivity contribution < 1.29 is 13.9 Å². The van der Waals surface area contributed by atoms with Crippen LogP contribution in [-0.2, 0) is 6.54 Å². The monoisotopic (exact) mass is 368 g/mol. The van der Waals surface area contributed by atoms with Crippen molar-refractivity contribution in [3.63, 3.8) is 0 Å². The van der Waals surface area contributed by atoms with Crippen molar-refractivity contribution in [1.29, 1.82) is 0 Å². The average molecular weight is 368 g/mol.